The zero-order chi connectivity index (χ0) is 11.4. The van der Waals surface area contributed by atoms with Crippen molar-refractivity contribution in [3.63, 3.8) is 0 Å². The Balaban J connectivity index is 2.11. The highest BCUT2D eigenvalue weighted by Crippen LogP contribution is 2.22. The van der Waals surface area contributed by atoms with Gasteiger partial charge in [-0.1, -0.05) is 36.4 Å². The van der Waals surface area contributed by atoms with Gasteiger partial charge in [0.15, 0.2) is 0 Å². The lowest BCUT2D eigenvalue weighted by molar-refractivity contribution is 0.227. The maximum absolute atomic E-state index is 5.88. The Bertz CT molecular complexity index is 453. The Morgan fingerprint density at radius 3 is 2.44 bits per heavy atom. The van der Waals surface area contributed by atoms with E-state index in [0.717, 1.165) is 5.75 Å². The van der Waals surface area contributed by atoms with Crippen LogP contribution in [0.3, 0.4) is 0 Å². The predicted octanol–water partition coefficient (Wildman–Crippen LogP) is 4.43. The van der Waals surface area contributed by atoms with E-state index in [1.54, 1.807) is 0 Å². The minimum atomic E-state index is 0.0828. The number of hydrogen-bond donors (Lipinski definition) is 0. The first-order valence-electron chi connectivity index (χ1n) is 5.23. The van der Waals surface area contributed by atoms with Gasteiger partial charge >= 0.3 is 0 Å². The van der Waals surface area contributed by atoms with Crippen molar-refractivity contribution in [2.24, 2.45) is 0 Å². The van der Waals surface area contributed by atoms with Crippen LogP contribution >= 0.6 is 22.6 Å². The van der Waals surface area contributed by atoms with Crippen LogP contribution in [-0.2, 0) is 0 Å². The molecule has 1 atom stereocenters. The van der Waals surface area contributed by atoms with Crippen LogP contribution in [0.4, 0.5) is 0 Å². The third kappa shape index (κ3) is 2.98. The highest BCUT2D eigenvalue weighted by Gasteiger charge is 2.06. The molecule has 0 aliphatic carbocycles. The molecular formula is C14H13IO. The average Bonchev–Trinajstić information content (AvgIpc) is 2.30. The molecule has 0 aromatic heterocycles. The first kappa shape index (κ1) is 11.5. The van der Waals surface area contributed by atoms with E-state index in [9.17, 15) is 0 Å². The van der Waals surface area contributed by atoms with Gasteiger partial charge in [0, 0.05) is 3.57 Å². The van der Waals surface area contributed by atoms with Crippen LogP contribution in [-0.4, -0.2) is 0 Å². The van der Waals surface area contributed by atoms with Crippen LogP contribution < -0.4 is 4.74 Å². The van der Waals surface area contributed by atoms with Gasteiger partial charge in [-0.2, -0.15) is 0 Å². The summed E-state index contributed by atoms with van der Waals surface area (Å²) >= 11 is 2.29. The molecule has 2 heteroatoms. The monoisotopic (exact) mass is 324 g/mol. The molecule has 0 heterocycles. The van der Waals surface area contributed by atoms with Gasteiger partial charge in [0.1, 0.15) is 11.9 Å². The third-order valence-corrected chi connectivity index (χ3v) is 3.05. The highest BCUT2D eigenvalue weighted by atomic mass is 127. The van der Waals surface area contributed by atoms with Gasteiger partial charge < -0.3 is 4.74 Å². The van der Waals surface area contributed by atoms with Gasteiger partial charge in [0.25, 0.3) is 0 Å². The molecule has 1 unspecified atom stereocenters. The minimum Gasteiger partial charge on any atom is -0.486 e. The minimum absolute atomic E-state index is 0.0828. The average molecular weight is 324 g/mol. The van der Waals surface area contributed by atoms with Crippen LogP contribution in [0.5, 0.6) is 5.75 Å². The lowest BCUT2D eigenvalue weighted by Gasteiger charge is -2.15. The SMILES string of the molecule is CC(Oc1cccc(I)c1)c1ccccc1. The number of benzene rings is 2. The molecule has 0 saturated carbocycles. The molecule has 16 heavy (non-hydrogen) atoms. The fourth-order valence-electron chi connectivity index (χ4n) is 1.54. The van der Waals surface area contributed by atoms with Gasteiger partial charge in [0.2, 0.25) is 0 Å². The van der Waals surface area contributed by atoms with Crippen molar-refractivity contribution >= 4 is 22.6 Å². The molecule has 0 radical (unpaired) electrons. The van der Waals surface area contributed by atoms with Gasteiger partial charge in [-0.3, -0.25) is 0 Å². The van der Waals surface area contributed by atoms with Crippen molar-refractivity contribution < 1.29 is 4.74 Å². The van der Waals surface area contributed by atoms with E-state index in [2.05, 4.69) is 47.7 Å². The molecular weight excluding hydrogens is 311 g/mol. The van der Waals surface area contributed by atoms with Crippen LogP contribution in [0, 0.1) is 3.57 Å². The van der Waals surface area contributed by atoms with Crippen molar-refractivity contribution in [3.8, 4) is 5.75 Å². The van der Waals surface area contributed by atoms with Gasteiger partial charge in [-0.15, -0.1) is 0 Å². The third-order valence-electron chi connectivity index (χ3n) is 2.38. The summed E-state index contributed by atoms with van der Waals surface area (Å²) in [6.45, 7) is 2.06. The fourth-order valence-corrected chi connectivity index (χ4v) is 2.05. The number of rotatable bonds is 3. The van der Waals surface area contributed by atoms with Crippen molar-refractivity contribution in [2.45, 2.75) is 13.0 Å². The Kier molecular flexibility index (Phi) is 3.83. The number of halogens is 1. The van der Waals surface area contributed by atoms with E-state index >= 15 is 0 Å². The molecule has 1 nitrogen and oxygen atoms in total. The zero-order valence-corrected chi connectivity index (χ0v) is 11.2. The Hall–Kier alpha value is -1.03. The topological polar surface area (TPSA) is 9.23 Å². The molecule has 82 valence electrons. The summed E-state index contributed by atoms with van der Waals surface area (Å²) in [5, 5.41) is 0. The molecule has 0 saturated heterocycles. The molecule has 2 aromatic carbocycles. The maximum atomic E-state index is 5.88. The van der Waals surface area contributed by atoms with E-state index < -0.39 is 0 Å². The first-order valence-corrected chi connectivity index (χ1v) is 6.31. The van der Waals surface area contributed by atoms with Crippen molar-refractivity contribution in [1.29, 1.82) is 0 Å². The summed E-state index contributed by atoms with van der Waals surface area (Å²) in [6, 6.07) is 18.3. The summed E-state index contributed by atoms with van der Waals surface area (Å²) in [6.07, 6.45) is 0.0828. The summed E-state index contributed by atoms with van der Waals surface area (Å²) in [5.41, 5.74) is 1.20. The van der Waals surface area contributed by atoms with Crippen molar-refractivity contribution in [1.82, 2.24) is 0 Å². The first-order chi connectivity index (χ1) is 7.75. The maximum Gasteiger partial charge on any atom is 0.121 e. The summed E-state index contributed by atoms with van der Waals surface area (Å²) in [7, 11) is 0. The largest absolute Gasteiger partial charge is 0.486 e. The van der Waals surface area contributed by atoms with E-state index in [-0.39, 0.29) is 6.10 Å². The molecule has 0 amide bonds. The van der Waals surface area contributed by atoms with Crippen molar-refractivity contribution in [3.05, 3.63) is 63.7 Å². The fraction of sp³-hybridized carbons (Fsp3) is 0.143. The molecule has 2 rings (SSSR count). The van der Waals surface area contributed by atoms with E-state index in [1.165, 1.54) is 9.13 Å². The second-order valence-corrected chi connectivity index (χ2v) is 4.87. The molecule has 0 spiro atoms. The number of ether oxygens (including phenoxy) is 1. The van der Waals surface area contributed by atoms with Crippen LogP contribution in [0.25, 0.3) is 0 Å². The molecule has 0 fully saturated rings. The van der Waals surface area contributed by atoms with Crippen LogP contribution in [0.2, 0.25) is 0 Å². The second-order valence-electron chi connectivity index (χ2n) is 3.63. The zero-order valence-electron chi connectivity index (χ0n) is 9.06. The van der Waals surface area contributed by atoms with E-state index in [1.807, 2.05) is 36.4 Å². The molecule has 0 bridgehead atoms. The number of hydrogen-bond acceptors (Lipinski definition) is 1. The predicted molar refractivity (Wildman–Crippen MR) is 74.6 cm³/mol. The summed E-state index contributed by atoms with van der Waals surface area (Å²) in [5.74, 6) is 0.920. The second kappa shape index (κ2) is 5.34. The Morgan fingerprint density at radius 1 is 1.00 bits per heavy atom. The van der Waals surface area contributed by atoms with E-state index in [0.29, 0.717) is 0 Å². The molecule has 0 N–H and O–H groups in total. The van der Waals surface area contributed by atoms with E-state index in [4.69, 9.17) is 4.74 Å². The summed E-state index contributed by atoms with van der Waals surface area (Å²) in [4.78, 5) is 0. The summed E-state index contributed by atoms with van der Waals surface area (Å²) < 4.78 is 7.07. The Morgan fingerprint density at radius 2 is 1.75 bits per heavy atom. The molecule has 0 aliphatic rings. The van der Waals surface area contributed by atoms with Crippen molar-refractivity contribution in [2.75, 3.05) is 0 Å². The highest BCUT2D eigenvalue weighted by molar-refractivity contribution is 14.1. The molecule has 0 aliphatic heterocycles. The smallest absolute Gasteiger partial charge is 0.121 e. The molecule has 2 aromatic rings. The van der Waals surface area contributed by atoms with Gasteiger partial charge in [-0.25, -0.2) is 0 Å². The van der Waals surface area contributed by atoms with Crippen LogP contribution in [0.1, 0.15) is 18.6 Å². The Labute approximate surface area is 110 Å². The standard InChI is InChI=1S/C14H13IO/c1-11(12-6-3-2-4-7-12)16-14-9-5-8-13(15)10-14/h2-11H,1H3. The quantitative estimate of drug-likeness (QED) is 0.759. The lowest BCUT2D eigenvalue weighted by Crippen LogP contribution is -2.02. The normalized spacial score (nSPS) is 12.1. The van der Waals surface area contributed by atoms with Gasteiger partial charge in [0.05, 0.1) is 0 Å². The van der Waals surface area contributed by atoms with Gasteiger partial charge in [-0.05, 0) is 53.3 Å². The lowest BCUT2D eigenvalue weighted by atomic mass is 10.1. The van der Waals surface area contributed by atoms with Crippen LogP contribution in [0.15, 0.2) is 54.6 Å².